The van der Waals surface area contributed by atoms with Gasteiger partial charge in [0.15, 0.2) is 0 Å². The van der Waals surface area contributed by atoms with Crippen LogP contribution in [0, 0.1) is 17.8 Å². The topological polar surface area (TPSA) is 75.6 Å². The Bertz CT molecular complexity index is 617. The van der Waals surface area contributed by atoms with Gasteiger partial charge in [0.05, 0.1) is 5.92 Å². The molecule has 0 aliphatic carbocycles. The quantitative estimate of drug-likeness (QED) is 0.751. The van der Waals surface area contributed by atoms with Gasteiger partial charge in [-0.05, 0) is 42.9 Å². The fraction of sp³-hybridized carbons (Fsp3) is 0.556. The molecule has 1 aliphatic rings. The molecule has 1 heterocycles. The van der Waals surface area contributed by atoms with E-state index in [1.807, 2.05) is 0 Å². The molecule has 0 spiro atoms. The van der Waals surface area contributed by atoms with Crippen molar-refractivity contribution < 1.29 is 19.4 Å². The van der Waals surface area contributed by atoms with Crippen LogP contribution in [0.4, 0.5) is 0 Å². The van der Waals surface area contributed by atoms with Gasteiger partial charge in [0.25, 0.3) is 0 Å². The first-order valence-electron chi connectivity index (χ1n) is 8.40. The fourth-order valence-corrected chi connectivity index (χ4v) is 3.55. The summed E-state index contributed by atoms with van der Waals surface area (Å²) < 4.78 is 5.28. The van der Waals surface area contributed by atoms with E-state index in [1.165, 1.54) is 0 Å². The first kappa shape index (κ1) is 20.0. The number of hydrogen-bond donors (Lipinski definition) is 2. The molecule has 0 aromatic heterocycles. The van der Waals surface area contributed by atoms with E-state index in [4.69, 9.17) is 27.9 Å². The Morgan fingerprint density at radius 1 is 1.32 bits per heavy atom. The minimum Gasteiger partial charge on any atom is -0.481 e. The molecule has 1 aromatic rings. The van der Waals surface area contributed by atoms with Crippen LogP contribution >= 0.6 is 23.2 Å². The van der Waals surface area contributed by atoms with Crippen LogP contribution in [0.5, 0.6) is 0 Å². The van der Waals surface area contributed by atoms with E-state index in [9.17, 15) is 14.7 Å². The van der Waals surface area contributed by atoms with E-state index in [1.54, 1.807) is 25.1 Å². The number of amides is 1. The number of carbonyl (C=O) groups is 2. The molecule has 0 bridgehead atoms. The van der Waals surface area contributed by atoms with Crippen LogP contribution in [-0.4, -0.2) is 36.7 Å². The highest BCUT2D eigenvalue weighted by Gasteiger charge is 2.30. The summed E-state index contributed by atoms with van der Waals surface area (Å²) in [5.41, 5.74) is 0.841. The molecule has 2 unspecified atom stereocenters. The van der Waals surface area contributed by atoms with Crippen LogP contribution in [0.25, 0.3) is 0 Å². The van der Waals surface area contributed by atoms with Crippen molar-refractivity contribution in [1.82, 2.24) is 5.32 Å². The number of ether oxygens (including phenoxy) is 1. The summed E-state index contributed by atoms with van der Waals surface area (Å²) in [6, 6.07) is 5.18. The highest BCUT2D eigenvalue weighted by Crippen LogP contribution is 2.25. The lowest BCUT2D eigenvalue weighted by atomic mass is 9.86. The van der Waals surface area contributed by atoms with Gasteiger partial charge in [-0.3, -0.25) is 9.59 Å². The first-order valence-corrected chi connectivity index (χ1v) is 9.16. The molecular formula is C18H23Cl2NO4. The number of halogens is 2. The van der Waals surface area contributed by atoms with Gasteiger partial charge in [-0.15, -0.1) is 0 Å². The van der Waals surface area contributed by atoms with Crippen LogP contribution in [0.3, 0.4) is 0 Å². The summed E-state index contributed by atoms with van der Waals surface area (Å²) >= 11 is 12.0. The molecule has 1 fully saturated rings. The van der Waals surface area contributed by atoms with Gasteiger partial charge in [0.2, 0.25) is 5.91 Å². The van der Waals surface area contributed by atoms with Crippen molar-refractivity contribution in [2.45, 2.75) is 26.2 Å². The molecular weight excluding hydrogens is 365 g/mol. The summed E-state index contributed by atoms with van der Waals surface area (Å²) in [4.78, 5) is 23.9. The first-order chi connectivity index (χ1) is 11.9. The minimum absolute atomic E-state index is 0.0348. The summed E-state index contributed by atoms with van der Waals surface area (Å²) in [5.74, 6) is -1.92. The van der Waals surface area contributed by atoms with Gasteiger partial charge in [-0.2, -0.15) is 0 Å². The van der Waals surface area contributed by atoms with Crippen molar-refractivity contribution in [2.24, 2.45) is 17.8 Å². The predicted octanol–water partition coefficient (Wildman–Crippen LogP) is 3.42. The van der Waals surface area contributed by atoms with Crippen LogP contribution in [0.2, 0.25) is 10.0 Å². The number of carboxylic acids is 1. The Labute approximate surface area is 157 Å². The summed E-state index contributed by atoms with van der Waals surface area (Å²) in [6.45, 7) is 3.09. The smallest absolute Gasteiger partial charge is 0.308 e. The maximum absolute atomic E-state index is 12.3. The highest BCUT2D eigenvalue weighted by molar-refractivity contribution is 6.35. The molecule has 1 amide bonds. The SMILES string of the molecule is CC(Cc1ccc(Cl)cc1Cl)C(=O)NCC(C(=O)O)C1CCOCC1. The maximum Gasteiger partial charge on any atom is 0.308 e. The van der Waals surface area contributed by atoms with Crippen LogP contribution in [0.1, 0.15) is 25.3 Å². The number of rotatable bonds is 7. The monoisotopic (exact) mass is 387 g/mol. The third-order valence-electron chi connectivity index (χ3n) is 4.64. The largest absolute Gasteiger partial charge is 0.481 e. The molecule has 5 nitrogen and oxygen atoms in total. The Balaban J connectivity index is 1.89. The third kappa shape index (κ3) is 5.87. The van der Waals surface area contributed by atoms with E-state index in [0.29, 0.717) is 42.5 Å². The summed E-state index contributed by atoms with van der Waals surface area (Å²) in [7, 11) is 0. The van der Waals surface area contributed by atoms with Crippen molar-refractivity contribution in [2.75, 3.05) is 19.8 Å². The van der Waals surface area contributed by atoms with E-state index in [0.717, 1.165) is 5.56 Å². The number of hydrogen-bond acceptors (Lipinski definition) is 3. The molecule has 2 N–H and O–H groups in total. The van der Waals surface area contributed by atoms with Crippen molar-refractivity contribution in [3.63, 3.8) is 0 Å². The second-order valence-electron chi connectivity index (χ2n) is 6.48. The number of carboxylic acid groups (broad SMARTS) is 1. The van der Waals surface area contributed by atoms with E-state index >= 15 is 0 Å². The minimum atomic E-state index is -0.874. The van der Waals surface area contributed by atoms with Crippen LogP contribution < -0.4 is 5.32 Å². The second kappa shape index (κ2) is 9.41. The predicted molar refractivity (Wildman–Crippen MR) is 97.0 cm³/mol. The summed E-state index contributed by atoms with van der Waals surface area (Å²) in [5, 5.41) is 13.3. The van der Waals surface area contributed by atoms with Crippen molar-refractivity contribution in [1.29, 1.82) is 0 Å². The molecule has 7 heteroatoms. The van der Waals surface area contributed by atoms with Gasteiger partial charge < -0.3 is 15.2 Å². The van der Waals surface area contributed by atoms with Gasteiger partial charge in [-0.1, -0.05) is 36.2 Å². The Kier molecular flexibility index (Phi) is 7.54. The lowest BCUT2D eigenvalue weighted by Crippen LogP contribution is -2.40. The highest BCUT2D eigenvalue weighted by atomic mass is 35.5. The molecule has 2 atom stereocenters. The molecule has 0 saturated carbocycles. The van der Waals surface area contributed by atoms with Gasteiger partial charge >= 0.3 is 5.97 Å². The zero-order chi connectivity index (χ0) is 18.4. The van der Waals surface area contributed by atoms with Crippen molar-refractivity contribution in [3.05, 3.63) is 33.8 Å². The van der Waals surface area contributed by atoms with Gasteiger partial charge in [0.1, 0.15) is 0 Å². The van der Waals surface area contributed by atoms with Crippen molar-refractivity contribution >= 4 is 35.1 Å². The van der Waals surface area contributed by atoms with E-state index in [2.05, 4.69) is 5.32 Å². The third-order valence-corrected chi connectivity index (χ3v) is 5.22. The molecule has 2 rings (SSSR count). The van der Waals surface area contributed by atoms with Gasteiger partial charge in [0, 0.05) is 35.7 Å². The Morgan fingerprint density at radius 3 is 2.60 bits per heavy atom. The number of benzene rings is 1. The summed E-state index contributed by atoms with van der Waals surface area (Å²) in [6.07, 6.45) is 1.89. The average molecular weight is 388 g/mol. The lowest BCUT2D eigenvalue weighted by Gasteiger charge is -2.28. The van der Waals surface area contributed by atoms with E-state index in [-0.39, 0.29) is 24.3 Å². The normalized spacial score (nSPS) is 17.7. The van der Waals surface area contributed by atoms with Crippen molar-refractivity contribution in [3.8, 4) is 0 Å². The lowest BCUT2D eigenvalue weighted by molar-refractivity contribution is -0.145. The number of carbonyl (C=O) groups excluding carboxylic acids is 1. The molecule has 1 aromatic carbocycles. The molecule has 25 heavy (non-hydrogen) atoms. The molecule has 138 valence electrons. The fourth-order valence-electron chi connectivity index (χ4n) is 3.07. The average Bonchev–Trinajstić information content (AvgIpc) is 2.58. The van der Waals surface area contributed by atoms with Crippen LogP contribution in [-0.2, 0) is 20.7 Å². The van der Waals surface area contributed by atoms with Crippen LogP contribution in [0.15, 0.2) is 18.2 Å². The van der Waals surface area contributed by atoms with Gasteiger partial charge in [-0.25, -0.2) is 0 Å². The Morgan fingerprint density at radius 2 is 2.00 bits per heavy atom. The zero-order valence-electron chi connectivity index (χ0n) is 14.1. The Hall–Kier alpha value is -1.30. The van der Waals surface area contributed by atoms with E-state index < -0.39 is 11.9 Å². The second-order valence-corrected chi connectivity index (χ2v) is 7.32. The molecule has 0 radical (unpaired) electrons. The molecule has 1 saturated heterocycles. The standard InChI is InChI=1S/C18H23Cl2NO4/c1-11(8-13-2-3-14(19)9-16(13)20)17(22)21-10-15(18(23)24)12-4-6-25-7-5-12/h2-3,9,11-12,15H,4-8,10H2,1H3,(H,21,22)(H,23,24). The molecule has 1 aliphatic heterocycles. The number of aliphatic carboxylic acids is 1. The zero-order valence-corrected chi connectivity index (χ0v) is 15.6. The maximum atomic E-state index is 12.3. The number of nitrogens with one attached hydrogen (secondary N) is 1.